The maximum Gasteiger partial charge on any atom is 0.315 e. The molecule has 0 aromatic heterocycles. The number of carbonyl (C=O) groups is 2. The SMILES string of the molecule is CCOCc1ccccc1CNC(=O)NC1CCC(C(=O)O)CC1. The van der Waals surface area contributed by atoms with E-state index in [0.717, 1.165) is 11.1 Å². The van der Waals surface area contributed by atoms with E-state index in [9.17, 15) is 9.59 Å². The van der Waals surface area contributed by atoms with Gasteiger partial charge in [-0.05, 0) is 43.7 Å². The maximum absolute atomic E-state index is 12.1. The zero-order chi connectivity index (χ0) is 17.4. The van der Waals surface area contributed by atoms with Crippen LogP contribution in [-0.2, 0) is 22.7 Å². The minimum atomic E-state index is -0.733. The lowest BCUT2D eigenvalue weighted by atomic mass is 9.86. The van der Waals surface area contributed by atoms with Crippen molar-refractivity contribution in [2.24, 2.45) is 5.92 Å². The number of ether oxygens (including phenoxy) is 1. The van der Waals surface area contributed by atoms with Crippen molar-refractivity contribution in [2.45, 2.75) is 51.8 Å². The summed E-state index contributed by atoms with van der Waals surface area (Å²) in [7, 11) is 0. The van der Waals surface area contributed by atoms with Crippen LogP contribution in [0.2, 0.25) is 0 Å². The molecular formula is C18H26N2O4. The van der Waals surface area contributed by atoms with Crippen LogP contribution < -0.4 is 10.6 Å². The smallest absolute Gasteiger partial charge is 0.315 e. The van der Waals surface area contributed by atoms with Crippen LogP contribution in [0.25, 0.3) is 0 Å². The van der Waals surface area contributed by atoms with Gasteiger partial charge in [-0.1, -0.05) is 24.3 Å². The van der Waals surface area contributed by atoms with Gasteiger partial charge in [0.1, 0.15) is 0 Å². The first kappa shape index (κ1) is 18.3. The molecule has 0 spiro atoms. The Morgan fingerprint density at radius 3 is 2.46 bits per heavy atom. The molecule has 0 heterocycles. The summed E-state index contributed by atoms with van der Waals surface area (Å²) in [6, 6.07) is 7.72. The molecule has 2 amide bonds. The van der Waals surface area contributed by atoms with E-state index in [1.807, 2.05) is 31.2 Å². The van der Waals surface area contributed by atoms with Gasteiger partial charge in [-0.2, -0.15) is 0 Å². The van der Waals surface area contributed by atoms with Gasteiger partial charge in [-0.25, -0.2) is 4.79 Å². The zero-order valence-electron chi connectivity index (χ0n) is 14.1. The van der Waals surface area contributed by atoms with E-state index in [1.165, 1.54) is 0 Å². The van der Waals surface area contributed by atoms with Crippen molar-refractivity contribution in [3.05, 3.63) is 35.4 Å². The summed E-state index contributed by atoms with van der Waals surface area (Å²) in [5.41, 5.74) is 2.11. The minimum Gasteiger partial charge on any atom is -0.481 e. The molecule has 6 heteroatoms. The molecule has 3 N–H and O–H groups in total. The third kappa shape index (κ3) is 5.53. The van der Waals surface area contributed by atoms with Gasteiger partial charge in [0.25, 0.3) is 0 Å². The number of urea groups is 1. The molecule has 6 nitrogen and oxygen atoms in total. The van der Waals surface area contributed by atoms with Crippen LogP contribution >= 0.6 is 0 Å². The standard InChI is InChI=1S/C18H26N2O4/c1-2-24-12-15-6-4-3-5-14(15)11-19-18(23)20-16-9-7-13(8-10-16)17(21)22/h3-6,13,16H,2,7-12H2,1H3,(H,21,22)(H2,19,20,23). The van der Waals surface area contributed by atoms with Crippen molar-refractivity contribution < 1.29 is 19.4 Å². The van der Waals surface area contributed by atoms with E-state index in [1.54, 1.807) is 0 Å². The van der Waals surface area contributed by atoms with Crippen molar-refractivity contribution in [1.82, 2.24) is 10.6 Å². The number of hydrogen-bond acceptors (Lipinski definition) is 3. The summed E-state index contributed by atoms with van der Waals surface area (Å²) in [6.45, 7) is 3.59. The number of aliphatic carboxylic acids is 1. The summed E-state index contributed by atoms with van der Waals surface area (Å²) in [5, 5.41) is 14.8. The number of carboxylic acids is 1. The monoisotopic (exact) mass is 334 g/mol. The van der Waals surface area contributed by atoms with Crippen molar-refractivity contribution >= 4 is 12.0 Å². The minimum absolute atomic E-state index is 0.0549. The molecule has 0 atom stereocenters. The van der Waals surface area contributed by atoms with Gasteiger partial charge in [0.2, 0.25) is 0 Å². The number of amides is 2. The third-order valence-electron chi connectivity index (χ3n) is 4.43. The van der Waals surface area contributed by atoms with E-state index in [-0.39, 0.29) is 18.0 Å². The molecule has 0 radical (unpaired) electrons. The molecule has 0 aliphatic heterocycles. The average molecular weight is 334 g/mol. The van der Waals surface area contributed by atoms with Gasteiger partial charge >= 0.3 is 12.0 Å². The Kier molecular flexibility index (Phi) is 7.06. The quantitative estimate of drug-likeness (QED) is 0.715. The number of benzene rings is 1. The second kappa shape index (κ2) is 9.27. The number of hydrogen-bond donors (Lipinski definition) is 3. The summed E-state index contributed by atoms with van der Waals surface area (Å²) in [4.78, 5) is 23.0. The van der Waals surface area contributed by atoms with Crippen LogP contribution in [0.5, 0.6) is 0 Å². The number of nitrogens with one attached hydrogen (secondary N) is 2. The first-order chi connectivity index (χ1) is 11.6. The van der Waals surface area contributed by atoms with E-state index in [2.05, 4.69) is 10.6 Å². The number of carboxylic acid groups (broad SMARTS) is 1. The Balaban J connectivity index is 1.77. The van der Waals surface area contributed by atoms with Crippen LogP contribution in [0.15, 0.2) is 24.3 Å². The van der Waals surface area contributed by atoms with Gasteiger partial charge < -0.3 is 20.5 Å². The first-order valence-corrected chi connectivity index (χ1v) is 8.51. The molecule has 1 fully saturated rings. The molecule has 1 saturated carbocycles. The molecular weight excluding hydrogens is 308 g/mol. The highest BCUT2D eigenvalue weighted by molar-refractivity contribution is 5.74. The molecule has 1 aliphatic carbocycles. The van der Waals surface area contributed by atoms with E-state index >= 15 is 0 Å². The highest BCUT2D eigenvalue weighted by Gasteiger charge is 2.26. The molecule has 1 aliphatic rings. The Morgan fingerprint density at radius 1 is 1.17 bits per heavy atom. The molecule has 0 unspecified atom stereocenters. The maximum atomic E-state index is 12.1. The Morgan fingerprint density at radius 2 is 1.83 bits per heavy atom. The predicted molar refractivity (Wildman–Crippen MR) is 90.5 cm³/mol. The van der Waals surface area contributed by atoms with Crippen LogP contribution in [0.1, 0.15) is 43.7 Å². The van der Waals surface area contributed by atoms with Gasteiger partial charge in [0.05, 0.1) is 12.5 Å². The zero-order valence-corrected chi connectivity index (χ0v) is 14.1. The van der Waals surface area contributed by atoms with Crippen molar-refractivity contribution in [2.75, 3.05) is 6.61 Å². The van der Waals surface area contributed by atoms with E-state index in [0.29, 0.717) is 45.4 Å². The second-order valence-electron chi connectivity index (χ2n) is 6.12. The van der Waals surface area contributed by atoms with Crippen molar-refractivity contribution in [3.8, 4) is 0 Å². The molecule has 1 aromatic carbocycles. The van der Waals surface area contributed by atoms with Crippen LogP contribution in [0, 0.1) is 5.92 Å². The lowest BCUT2D eigenvalue weighted by Crippen LogP contribution is -2.44. The highest BCUT2D eigenvalue weighted by atomic mass is 16.5. The molecule has 2 rings (SSSR count). The lowest BCUT2D eigenvalue weighted by Gasteiger charge is -2.26. The third-order valence-corrected chi connectivity index (χ3v) is 4.43. The summed E-state index contributed by atoms with van der Waals surface area (Å²) < 4.78 is 5.44. The first-order valence-electron chi connectivity index (χ1n) is 8.51. The lowest BCUT2D eigenvalue weighted by molar-refractivity contribution is -0.142. The molecule has 132 valence electrons. The highest BCUT2D eigenvalue weighted by Crippen LogP contribution is 2.24. The topological polar surface area (TPSA) is 87.7 Å². The average Bonchev–Trinajstić information content (AvgIpc) is 2.59. The summed E-state index contributed by atoms with van der Waals surface area (Å²) >= 11 is 0. The number of carbonyl (C=O) groups excluding carboxylic acids is 1. The van der Waals surface area contributed by atoms with Crippen LogP contribution in [-0.4, -0.2) is 29.8 Å². The normalized spacial score (nSPS) is 20.4. The second-order valence-corrected chi connectivity index (χ2v) is 6.12. The van der Waals surface area contributed by atoms with Gasteiger partial charge in [-0.3, -0.25) is 4.79 Å². The van der Waals surface area contributed by atoms with E-state index < -0.39 is 5.97 Å². The van der Waals surface area contributed by atoms with Crippen LogP contribution in [0.3, 0.4) is 0 Å². The summed E-state index contributed by atoms with van der Waals surface area (Å²) in [6.07, 6.45) is 2.67. The molecule has 24 heavy (non-hydrogen) atoms. The fourth-order valence-corrected chi connectivity index (χ4v) is 2.98. The predicted octanol–water partition coefficient (Wildman–Crippen LogP) is 2.67. The Hall–Kier alpha value is -2.08. The van der Waals surface area contributed by atoms with Crippen molar-refractivity contribution in [3.63, 3.8) is 0 Å². The van der Waals surface area contributed by atoms with Gasteiger partial charge in [0, 0.05) is 19.2 Å². The van der Waals surface area contributed by atoms with Gasteiger partial charge in [-0.15, -0.1) is 0 Å². The molecule has 1 aromatic rings. The van der Waals surface area contributed by atoms with Crippen LogP contribution in [0.4, 0.5) is 4.79 Å². The van der Waals surface area contributed by atoms with Gasteiger partial charge in [0.15, 0.2) is 0 Å². The van der Waals surface area contributed by atoms with Crippen molar-refractivity contribution in [1.29, 1.82) is 0 Å². The fraction of sp³-hybridized carbons (Fsp3) is 0.556. The molecule has 0 saturated heterocycles. The molecule has 0 bridgehead atoms. The summed E-state index contributed by atoms with van der Waals surface area (Å²) in [5.74, 6) is -1.000. The Labute approximate surface area is 142 Å². The van der Waals surface area contributed by atoms with E-state index in [4.69, 9.17) is 9.84 Å². The largest absolute Gasteiger partial charge is 0.481 e. The Bertz CT molecular complexity index is 554. The number of rotatable bonds is 7. The fourth-order valence-electron chi connectivity index (χ4n) is 2.98.